The van der Waals surface area contributed by atoms with Gasteiger partial charge in [0.2, 0.25) is 0 Å². The number of thiophene rings is 1. The summed E-state index contributed by atoms with van der Waals surface area (Å²) in [6, 6.07) is -0.0997. The number of aromatic hydroxyl groups is 1. The predicted octanol–water partition coefficient (Wildman–Crippen LogP) is 1.75. The van der Waals surface area contributed by atoms with E-state index in [0.717, 1.165) is 5.56 Å². The van der Waals surface area contributed by atoms with Gasteiger partial charge in [0.1, 0.15) is 5.56 Å². The molecule has 0 saturated carbocycles. The number of hydrogen-bond acceptors (Lipinski definition) is 4. The second-order valence-corrected chi connectivity index (χ2v) is 5.69. The summed E-state index contributed by atoms with van der Waals surface area (Å²) in [7, 11) is 1.61. The van der Waals surface area contributed by atoms with E-state index in [-0.39, 0.29) is 17.4 Å². The molecule has 0 spiro atoms. The number of aryl methyl sites for hydroxylation is 2. The molecule has 2 aromatic heterocycles. The van der Waals surface area contributed by atoms with Crippen LogP contribution >= 0.6 is 11.3 Å². The summed E-state index contributed by atoms with van der Waals surface area (Å²) in [4.78, 5) is 24.2. The summed E-state index contributed by atoms with van der Waals surface area (Å²) in [5.41, 5.74) is 0.912. The Labute approximate surface area is 114 Å². The third kappa shape index (κ3) is 2.12. The number of nitrogens with one attached hydrogen (secondary N) is 1. The van der Waals surface area contributed by atoms with Crippen LogP contribution in [0.25, 0.3) is 10.2 Å². The quantitative estimate of drug-likeness (QED) is 0.880. The number of rotatable bonds is 2. The number of fused-ring (bicyclic) bond motifs is 1. The standard InChI is InChI=1S/C13H16N2O3S/c1-6(2)14-12(17)8-10(16)11-9(7(3)5-19-11)15(4)13(8)18/h5-6,16H,1-4H3,(H,14,17). The van der Waals surface area contributed by atoms with Gasteiger partial charge >= 0.3 is 0 Å². The maximum atomic E-state index is 12.2. The minimum absolute atomic E-state index is 0.0997. The minimum atomic E-state index is -0.541. The Bertz CT molecular complexity index is 713. The molecule has 0 bridgehead atoms. The first kappa shape index (κ1) is 13.6. The molecule has 2 rings (SSSR count). The Kier molecular flexibility index (Phi) is 3.36. The Morgan fingerprint density at radius 3 is 2.68 bits per heavy atom. The van der Waals surface area contributed by atoms with Crippen LogP contribution in [-0.4, -0.2) is 21.6 Å². The first-order chi connectivity index (χ1) is 8.84. The van der Waals surface area contributed by atoms with Crippen molar-refractivity contribution in [1.29, 1.82) is 0 Å². The van der Waals surface area contributed by atoms with Gasteiger partial charge in [0.05, 0.1) is 10.2 Å². The lowest BCUT2D eigenvalue weighted by Crippen LogP contribution is -2.36. The van der Waals surface area contributed by atoms with Crippen LogP contribution in [0.15, 0.2) is 10.2 Å². The van der Waals surface area contributed by atoms with Crippen LogP contribution in [0.4, 0.5) is 0 Å². The summed E-state index contributed by atoms with van der Waals surface area (Å²) in [5.74, 6) is -0.768. The molecule has 5 nitrogen and oxygen atoms in total. The number of amides is 1. The SMILES string of the molecule is Cc1csc2c(O)c(C(=O)NC(C)C)c(=O)n(C)c12. The van der Waals surface area contributed by atoms with Crippen LogP contribution in [0.3, 0.4) is 0 Å². The van der Waals surface area contributed by atoms with E-state index in [1.807, 2.05) is 12.3 Å². The predicted molar refractivity (Wildman–Crippen MR) is 76.1 cm³/mol. The van der Waals surface area contributed by atoms with Gasteiger partial charge in [0.15, 0.2) is 5.75 Å². The van der Waals surface area contributed by atoms with Gasteiger partial charge in [-0.2, -0.15) is 0 Å². The zero-order valence-corrected chi connectivity index (χ0v) is 12.1. The van der Waals surface area contributed by atoms with Crippen molar-refractivity contribution in [2.45, 2.75) is 26.8 Å². The minimum Gasteiger partial charge on any atom is -0.505 e. The number of carbonyl (C=O) groups excluding carboxylic acids is 1. The Balaban J connectivity index is 2.76. The zero-order chi connectivity index (χ0) is 14.3. The van der Waals surface area contributed by atoms with E-state index < -0.39 is 11.5 Å². The van der Waals surface area contributed by atoms with E-state index in [1.165, 1.54) is 15.9 Å². The van der Waals surface area contributed by atoms with E-state index in [4.69, 9.17) is 0 Å². The van der Waals surface area contributed by atoms with Crippen molar-refractivity contribution in [3.05, 3.63) is 26.9 Å². The maximum absolute atomic E-state index is 12.2. The molecule has 2 heterocycles. The Morgan fingerprint density at radius 2 is 2.11 bits per heavy atom. The van der Waals surface area contributed by atoms with Crippen molar-refractivity contribution >= 4 is 27.5 Å². The Morgan fingerprint density at radius 1 is 1.47 bits per heavy atom. The molecule has 1 amide bonds. The van der Waals surface area contributed by atoms with Crippen LogP contribution < -0.4 is 10.9 Å². The molecule has 0 unspecified atom stereocenters. The molecular weight excluding hydrogens is 264 g/mol. The first-order valence-electron chi connectivity index (χ1n) is 5.95. The number of pyridine rings is 1. The van der Waals surface area contributed by atoms with Gasteiger partial charge in [-0.1, -0.05) is 0 Å². The number of hydrogen-bond donors (Lipinski definition) is 2. The van der Waals surface area contributed by atoms with E-state index >= 15 is 0 Å². The molecule has 0 radical (unpaired) electrons. The Hall–Kier alpha value is -1.82. The number of aromatic nitrogens is 1. The second-order valence-electron chi connectivity index (χ2n) is 4.81. The van der Waals surface area contributed by atoms with Crippen molar-refractivity contribution in [3.63, 3.8) is 0 Å². The molecule has 0 saturated heterocycles. The molecule has 0 aliphatic carbocycles. The van der Waals surface area contributed by atoms with Crippen LogP contribution in [0.1, 0.15) is 29.8 Å². The summed E-state index contributed by atoms with van der Waals surface area (Å²) in [6.07, 6.45) is 0. The molecule has 0 fully saturated rings. The van der Waals surface area contributed by atoms with Crippen molar-refractivity contribution in [2.75, 3.05) is 0 Å². The van der Waals surface area contributed by atoms with Crippen molar-refractivity contribution in [1.82, 2.24) is 9.88 Å². The van der Waals surface area contributed by atoms with Gasteiger partial charge < -0.3 is 15.0 Å². The maximum Gasteiger partial charge on any atom is 0.267 e. The van der Waals surface area contributed by atoms with Gasteiger partial charge in [0.25, 0.3) is 11.5 Å². The van der Waals surface area contributed by atoms with Crippen LogP contribution in [0.5, 0.6) is 5.75 Å². The third-order valence-corrected chi connectivity index (χ3v) is 3.99. The zero-order valence-electron chi connectivity index (χ0n) is 11.3. The lowest BCUT2D eigenvalue weighted by atomic mass is 10.2. The highest BCUT2D eigenvalue weighted by Crippen LogP contribution is 2.33. The summed E-state index contributed by atoms with van der Waals surface area (Å²) in [6.45, 7) is 5.46. The van der Waals surface area contributed by atoms with E-state index in [2.05, 4.69) is 5.32 Å². The number of nitrogens with zero attached hydrogens (tertiary/aromatic N) is 1. The van der Waals surface area contributed by atoms with E-state index in [0.29, 0.717) is 10.2 Å². The fourth-order valence-corrected chi connectivity index (χ4v) is 3.08. The average molecular weight is 280 g/mol. The average Bonchev–Trinajstić information content (AvgIpc) is 2.68. The monoisotopic (exact) mass is 280 g/mol. The molecule has 0 aliphatic rings. The molecule has 2 N–H and O–H groups in total. The molecule has 6 heteroatoms. The fraction of sp³-hybridized carbons (Fsp3) is 0.385. The molecule has 0 aliphatic heterocycles. The molecule has 2 aromatic rings. The van der Waals surface area contributed by atoms with Crippen molar-refractivity contribution in [3.8, 4) is 5.75 Å². The fourth-order valence-electron chi connectivity index (χ4n) is 2.05. The van der Waals surface area contributed by atoms with Gasteiger partial charge in [-0.25, -0.2) is 0 Å². The molecule has 102 valence electrons. The van der Waals surface area contributed by atoms with Crippen LogP contribution in [0.2, 0.25) is 0 Å². The summed E-state index contributed by atoms with van der Waals surface area (Å²) in [5, 5.41) is 14.7. The van der Waals surface area contributed by atoms with Crippen molar-refractivity contribution < 1.29 is 9.90 Å². The highest BCUT2D eigenvalue weighted by molar-refractivity contribution is 7.17. The number of carbonyl (C=O) groups is 1. The summed E-state index contributed by atoms with van der Waals surface area (Å²) >= 11 is 1.32. The third-order valence-electron chi connectivity index (χ3n) is 2.89. The van der Waals surface area contributed by atoms with Crippen LogP contribution in [-0.2, 0) is 7.05 Å². The normalized spacial score (nSPS) is 11.2. The van der Waals surface area contributed by atoms with Gasteiger partial charge in [-0.3, -0.25) is 9.59 Å². The second kappa shape index (κ2) is 4.70. The van der Waals surface area contributed by atoms with Crippen LogP contribution in [0, 0.1) is 6.92 Å². The first-order valence-corrected chi connectivity index (χ1v) is 6.83. The largest absolute Gasteiger partial charge is 0.505 e. The van der Waals surface area contributed by atoms with E-state index in [1.54, 1.807) is 20.9 Å². The van der Waals surface area contributed by atoms with Gasteiger partial charge in [-0.15, -0.1) is 11.3 Å². The topological polar surface area (TPSA) is 71.3 Å². The highest BCUT2D eigenvalue weighted by atomic mass is 32.1. The molecule has 19 heavy (non-hydrogen) atoms. The van der Waals surface area contributed by atoms with Crippen molar-refractivity contribution in [2.24, 2.45) is 7.05 Å². The van der Waals surface area contributed by atoms with E-state index in [9.17, 15) is 14.7 Å². The van der Waals surface area contributed by atoms with Gasteiger partial charge in [-0.05, 0) is 31.7 Å². The smallest absolute Gasteiger partial charge is 0.267 e. The molecular formula is C13H16N2O3S. The molecule has 0 aromatic carbocycles. The highest BCUT2D eigenvalue weighted by Gasteiger charge is 2.23. The lowest BCUT2D eigenvalue weighted by Gasteiger charge is -2.11. The summed E-state index contributed by atoms with van der Waals surface area (Å²) < 4.78 is 1.98. The lowest BCUT2D eigenvalue weighted by molar-refractivity contribution is 0.0938. The van der Waals surface area contributed by atoms with Gasteiger partial charge in [0, 0.05) is 13.1 Å². The molecule has 0 atom stereocenters.